The third kappa shape index (κ3) is 6.03. The molecule has 0 unspecified atom stereocenters. The van der Waals surface area contributed by atoms with E-state index in [-0.39, 0.29) is 42.3 Å². The SMILES string of the molecule is BC(B)(B)NC(=O)c1nnc(NC(=O)C2CC2)cc1Nc1cccc(-c2nc(CCO)no2)c1OC. The number of anilines is 3. The molecule has 0 aliphatic heterocycles. The largest absolute Gasteiger partial charge is 0.494 e. The Morgan fingerprint density at radius 2 is 2.00 bits per heavy atom. The Bertz CT molecular complexity index is 1280. The lowest BCUT2D eigenvalue weighted by atomic mass is 9.49. The Labute approximate surface area is 210 Å². The molecular weight excluding hydrogens is 463 g/mol. The normalized spacial score (nSPS) is 13.2. The summed E-state index contributed by atoms with van der Waals surface area (Å²) >= 11 is 0. The van der Waals surface area contributed by atoms with Crippen molar-refractivity contribution in [2.75, 3.05) is 24.4 Å². The van der Waals surface area contributed by atoms with Gasteiger partial charge in [0.05, 0.1) is 30.7 Å². The van der Waals surface area contributed by atoms with E-state index in [1.165, 1.54) is 7.11 Å². The Kier molecular flexibility index (Phi) is 7.29. The van der Waals surface area contributed by atoms with Gasteiger partial charge in [-0.3, -0.25) is 9.59 Å². The number of aromatic nitrogens is 4. The predicted molar refractivity (Wildman–Crippen MR) is 140 cm³/mol. The molecule has 3 aromatic rings. The molecule has 184 valence electrons. The Morgan fingerprint density at radius 3 is 2.67 bits per heavy atom. The van der Waals surface area contributed by atoms with Gasteiger partial charge in [0.25, 0.3) is 11.8 Å². The quantitative estimate of drug-likeness (QED) is 0.244. The number of ether oxygens (including phenoxy) is 1. The maximum atomic E-state index is 13.0. The van der Waals surface area contributed by atoms with Crippen LogP contribution in [-0.4, -0.2) is 79.8 Å². The highest BCUT2D eigenvalue weighted by Gasteiger charge is 2.30. The van der Waals surface area contributed by atoms with Crippen LogP contribution in [0.15, 0.2) is 28.8 Å². The third-order valence-electron chi connectivity index (χ3n) is 5.22. The second-order valence-electron chi connectivity index (χ2n) is 9.46. The van der Waals surface area contributed by atoms with E-state index >= 15 is 0 Å². The first-order valence-electron chi connectivity index (χ1n) is 11.6. The van der Waals surface area contributed by atoms with Crippen LogP contribution in [0.25, 0.3) is 11.5 Å². The summed E-state index contributed by atoms with van der Waals surface area (Å²) in [6.45, 7) is -0.105. The van der Waals surface area contributed by atoms with E-state index in [4.69, 9.17) is 14.4 Å². The van der Waals surface area contributed by atoms with E-state index in [1.807, 2.05) is 23.5 Å². The first kappa shape index (κ1) is 25.2. The average Bonchev–Trinajstić information content (AvgIpc) is 3.57. The summed E-state index contributed by atoms with van der Waals surface area (Å²) in [5.41, 5.74) is 1.38. The highest BCUT2D eigenvalue weighted by Crippen LogP contribution is 2.38. The van der Waals surface area contributed by atoms with E-state index in [9.17, 15) is 9.59 Å². The Balaban J connectivity index is 1.70. The summed E-state index contributed by atoms with van der Waals surface area (Å²) in [7, 11) is 7.07. The van der Waals surface area contributed by atoms with Gasteiger partial charge in [0.15, 0.2) is 23.1 Å². The van der Waals surface area contributed by atoms with Crippen LogP contribution in [-0.2, 0) is 11.2 Å². The van der Waals surface area contributed by atoms with Crippen LogP contribution < -0.4 is 20.7 Å². The molecule has 0 atom stereocenters. The number of rotatable bonds is 10. The van der Waals surface area contributed by atoms with Crippen LogP contribution in [0.5, 0.6) is 5.75 Å². The number of hydrogen-bond acceptors (Lipinski definition) is 10. The monoisotopic (exact) mass is 489 g/mol. The highest BCUT2D eigenvalue weighted by molar-refractivity contribution is 6.60. The van der Waals surface area contributed by atoms with Crippen molar-refractivity contribution in [3.05, 3.63) is 35.8 Å². The van der Waals surface area contributed by atoms with Crippen LogP contribution in [0.3, 0.4) is 0 Å². The van der Waals surface area contributed by atoms with Gasteiger partial charge in [0.1, 0.15) is 23.5 Å². The molecule has 1 aliphatic carbocycles. The number of aliphatic hydroxyl groups excluding tert-OH is 1. The Morgan fingerprint density at radius 1 is 1.22 bits per heavy atom. The van der Waals surface area contributed by atoms with Crippen LogP contribution in [0.4, 0.5) is 17.2 Å². The second-order valence-corrected chi connectivity index (χ2v) is 9.46. The summed E-state index contributed by atoms with van der Waals surface area (Å²) in [5.74, 6) is 0.615. The van der Waals surface area contributed by atoms with Crippen molar-refractivity contribution in [1.82, 2.24) is 25.7 Å². The Hall–Kier alpha value is -3.87. The molecule has 36 heavy (non-hydrogen) atoms. The van der Waals surface area contributed by atoms with Gasteiger partial charge in [-0.1, -0.05) is 11.2 Å². The molecular formula is C21H26B3N7O5. The lowest BCUT2D eigenvalue weighted by Gasteiger charge is -2.21. The summed E-state index contributed by atoms with van der Waals surface area (Å²) in [6.07, 6.45) is 1.94. The second kappa shape index (κ2) is 10.4. The van der Waals surface area contributed by atoms with E-state index < -0.39 is 11.1 Å². The van der Waals surface area contributed by atoms with E-state index in [1.54, 1.807) is 24.3 Å². The fourth-order valence-electron chi connectivity index (χ4n) is 3.42. The molecule has 0 saturated heterocycles. The number of methoxy groups -OCH3 is 1. The van der Waals surface area contributed by atoms with E-state index in [2.05, 4.69) is 36.3 Å². The smallest absolute Gasteiger partial charge is 0.272 e. The number of aliphatic hydroxyl groups is 1. The number of carbonyl (C=O) groups excluding carboxylic acids is 2. The van der Waals surface area contributed by atoms with Crippen molar-refractivity contribution >= 4 is 52.5 Å². The molecule has 1 aliphatic rings. The number of hydrogen-bond donors (Lipinski definition) is 4. The number of amides is 2. The minimum absolute atomic E-state index is 0.0195. The summed E-state index contributed by atoms with van der Waals surface area (Å²) in [5, 5.41) is 29.5. The number of nitrogens with zero attached hydrogens (tertiary/aromatic N) is 4. The molecule has 2 aromatic heterocycles. The predicted octanol–water partition coefficient (Wildman–Crippen LogP) is -1.60. The lowest BCUT2D eigenvalue weighted by molar-refractivity contribution is -0.117. The first-order valence-corrected chi connectivity index (χ1v) is 11.6. The van der Waals surface area contributed by atoms with Crippen molar-refractivity contribution in [3.8, 4) is 17.2 Å². The summed E-state index contributed by atoms with van der Waals surface area (Å²) < 4.78 is 11.0. The standard InChI is InChI=1S/C21H26B3N7O5/c1-35-17-11(20-27-14(7-8-32)31-36-20)3-2-4-12(17)25-13-9-15(26-18(33)10-5-6-10)29-30-16(13)19(34)28-21(22,23)24/h2-4,9-10,32H,5-8,22-24H2,1H3,(H,28,34)(H2,25,26,29,33). The molecule has 1 aromatic carbocycles. The van der Waals surface area contributed by atoms with Crippen molar-refractivity contribution in [2.24, 2.45) is 5.92 Å². The van der Waals surface area contributed by atoms with Crippen LogP contribution in [0.1, 0.15) is 29.2 Å². The minimum Gasteiger partial charge on any atom is -0.494 e. The zero-order valence-electron chi connectivity index (χ0n) is 20.6. The molecule has 1 saturated carbocycles. The van der Waals surface area contributed by atoms with Gasteiger partial charge in [-0.25, -0.2) is 0 Å². The van der Waals surface area contributed by atoms with Gasteiger partial charge in [-0.05, 0) is 30.2 Å². The molecule has 2 amide bonds. The molecule has 0 spiro atoms. The molecule has 12 nitrogen and oxygen atoms in total. The van der Waals surface area contributed by atoms with Gasteiger partial charge in [-0.15, -0.1) is 10.2 Å². The van der Waals surface area contributed by atoms with Crippen molar-refractivity contribution in [2.45, 2.75) is 24.5 Å². The highest BCUT2D eigenvalue weighted by atomic mass is 16.5. The molecule has 0 radical (unpaired) electrons. The van der Waals surface area contributed by atoms with Gasteiger partial charge in [0, 0.05) is 18.4 Å². The molecule has 0 bridgehead atoms. The van der Waals surface area contributed by atoms with Gasteiger partial charge >= 0.3 is 0 Å². The third-order valence-corrected chi connectivity index (χ3v) is 5.22. The fourth-order valence-corrected chi connectivity index (χ4v) is 3.42. The molecule has 2 heterocycles. The molecule has 4 rings (SSSR count). The maximum Gasteiger partial charge on any atom is 0.272 e. The number of carbonyl (C=O) groups is 2. The topological polar surface area (TPSA) is 164 Å². The summed E-state index contributed by atoms with van der Waals surface area (Å²) in [6, 6.07) is 6.82. The fraction of sp³-hybridized carbons (Fsp3) is 0.333. The summed E-state index contributed by atoms with van der Waals surface area (Å²) in [4.78, 5) is 29.6. The van der Waals surface area contributed by atoms with Crippen molar-refractivity contribution in [3.63, 3.8) is 0 Å². The van der Waals surface area contributed by atoms with E-state index in [0.29, 0.717) is 28.5 Å². The molecule has 1 fully saturated rings. The number of nitrogens with one attached hydrogen (secondary N) is 3. The molecule has 15 heteroatoms. The first-order chi connectivity index (χ1) is 17.2. The van der Waals surface area contributed by atoms with Gasteiger partial charge in [0.2, 0.25) is 5.91 Å². The zero-order valence-corrected chi connectivity index (χ0v) is 20.6. The van der Waals surface area contributed by atoms with Crippen LogP contribution >= 0.6 is 0 Å². The van der Waals surface area contributed by atoms with Crippen molar-refractivity contribution < 1.29 is 24.0 Å². The van der Waals surface area contributed by atoms with Crippen molar-refractivity contribution in [1.29, 1.82) is 0 Å². The molecule has 4 N–H and O–H groups in total. The van der Waals surface area contributed by atoms with Gasteiger partial charge < -0.3 is 30.3 Å². The number of para-hydroxylation sites is 1. The van der Waals surface area contributed by atoms with E-state index in [0.717, 1.165) is 12.8 Å². The number of benzene rings is 1. The lowest BCUT2D eigenvalue weighted by Crippen LogP contribution is -2.50. The maximum absolute atomic E-state index is 13.0. The van der Waals surface area contributed by atoms with Crippen LogP contribution in [0.2, 0.25) is 0 Å². The van der Waals surface area contributed by atoms with Gasteiger partial charge in [-0.2, -0.15) is 4.98 Å². The zero-order chi connectivity index (χ0) is 25.9. The average molecular weight is 489 g/mol. The minimum atomic E-state index is -0.503. The van der Waals surface area contributed by atoms with Crippen LogP contribution in [0, 0.1) is 5.92 Å².